The van der Waals surface area contributed by atoms with Gasteiger partial charge in [0, 0.05) is 31.6 Å². The summed E-state index contributed by atoms with van der Waals surface area (Å²) in [5.41, 5.74) is -1.01. The van der Waals surface area contributed by atoms with E-state index in [4.69, 9.17) is 16.3 Å². The van der Waals surface area contributed by atoms with E-state index in [1.165, 1.54) is 40.4 Å². The fourth-order valence-corrected chi connectivity index (χ4v) is 4.30. The quantitative estimate of drug-likeness (QED) is 0.336. The molecule has 2 heterocycles. The fourth-order valence-electron chi connectivity index (χ4n) is 4.17. The molecule has 12 heteroatoms. The number of alkyl halides is 2. The van der Waals surface area contributed by atoms with Gasteiger partial charge in [-0.2, -0.15) is 13.8 Å². The van der Waals surface area contributed by atoms with Crippen molar-refractivity contribution in [2.75, 3.05) is 0 Å². The molecule has 0 unspecified atom stereocenters. The average Bonchev–Trinajstić information content (AvgIpc) is 3.48. The van der Waals surface area contributed by atoms with E-state index in [1.54, 1.807) is 24.3 Å². The summed E-state index contributed by atoms with van der Waals surface area (Å²) in [6.07, 6.45) is -1.86. The van der Waals surface area contributed by atoms with Crippen molar-refractivity contribution in [3.05, 3.63) is 80.0 Å². The number of halogens is 3. The number of aromatic nitrogens is 4. The first-order valence-electron chi connectivity index (χ1n) is 11.9. The van der Waals surface area contributed by atoms with E-state index < -0.39 is 23.0 Å². The third kappa shape index (κ3) is 5.44. The van der Waals surface area contributed by atoms with Crippen LogP contribution < -0.4 is 20.7 Å². The number of imidazole rings is 1. The van der Waals surface area contributed by atoms with Gasteiger partial charge in [-0.3, -0.25) is 18.5 Å². The van der Waals surface area contributed by atoms with Gasteiger partial charge in [-0.1, -0.05) is 29.8 Å². The van der Waals surface area contributed by atoms with Crippen molar-refractivity contribution >= 4 is 22.8 Å². The second kappa shape index (κ2) is 9.55. The fraction of sp³-hybridized carbons (Fsp3) is 0.346. The summed E-state index contributed by atoms with van der Waals surface area (Å²) in [6, 6.07) is 12.6. The lowest BCUT2D eigenvalue weighted by Crippen LogP contribution is -2.40. The second-order valence-electron chi connectivity index (χ2n) is 9.54. The summed E-state index contributed by atoms with van der Waals surface area (Å²) in [5.74, 6) is 0.0174. The van der Waals surface area contributed by atoms with Crippen LogP contribution in [0, 0.1) is 0 Å². The molecule has 2 aromatic heterocycles. The van der Waals surface area contributed by atoms with Crippen molar-refractivity contribution < 1.29 is 23.4 Å². The predicted octanol–water partition coefficient (Wildman–Crippen LogP) is 4.30. The number of aliphatic hydroxyl groups is 1. The Morgan fingerprint density at radius 2 is 1.79 bits per heavy atom. The molecule has 1 aliphatic rings. The third-order valence-corrected chi connectivity index (χ3v) is 6.64. The third-order valence-electron chi connectivity index (χ3n) is 6.39. The van der Waals surface area contributed by atoms with Gasteiger partial charge in [0.25, 0.3) is 5.56 Å². The number of nitrogens with zero attached hydrogens (tertiary/aromatic N) is 4. The van der Waals surface area contributed by atoms with Gasteiger partial charge in [0.05, 0.1) is 12.1 Å². The topological polar surface area (TPSA) is 101 Å². The minimum absolute atomic E-state index is 0.0268. The molecule has 0 radical (unpaired) electrons. The van der Waals surface area contributed by atoms with Crippen LogP contribution in [-0.2, 0) is 20.1 Å². The molecular weight excluding hydrogens is 522 g/mol. The average molecular weight is 547 g/mol. The Balaban J connectivity index is 1.62. The molecule has 5 rings (SSSR count). The van der Waals surface area contributed by atoms with Gasteiger partial charge in [-0.15, -0.1) is 0 Å². The zero-order valence-corrected chi connectivity index (χ0v) is 21.4. The highest BCUT2D eigenvalue weighted by atomic mass is 35.5. The lowest BCUT2D eigenvalue weighted by atomic mass is 10.2. The Bertz CT molecular complexity index is 1620. The maximum absolute atomic E-state index is 13.6. The number of benzene rings is 2. The second-order valence-corrected chi connectivity index (χ2v) is 9.98. The molecular formula is C26H25ClF2N4O5. The van der Waals surface area contributed by atoms with Crippen molar-refractivity contribution in [3.8, 4) is 17.5 Å². The number of hydrogen-bond acceptors (Lipinski definition) is 6. The molecule has 0 aliphatic heterocycles. The number of fused-ring (bicyclic) bond motifs is 1. The highest BCUT2D eigenvalue weighted by molar-refractivity contribution is 6.30. The van der Waals surface area contributed by atoms with E-state index in [2.05, 4.69) is 9.72 Å². The van der Waals surface area contributed by atoms with Crippen LogP contribution >= 0.6 is 11.6 Å². The van der Waals surface area contributed by atoms with Gasteiger partial charge in [-0.05, 0) is 49.1 Å². The molecule has 0 amide bonds. The molecule has 2 aromatic carbocycles. The van der Waals surface area contributed by atoms with Crippen LogP contribution in [0.5, 0.6) is 17.5 Å². The summed E-state index contributed by atoms with van der Waals surface area (Å²) in [7, 11) is 1.49. The zero-order valence-electron chi connectivity index (χ0n) is 20.7. The van der Waals surface area contributed by atoms with Crippen molar-refractivity contribution in [1.82, 2.24) is 18.7 Å². The number of aryl methyl sites for hydroxylation is 1. The SMILES string of the molecule is Cn1c(=O)n(CCC2(O)CC2)c(=O)c2c1nc(Oc1cccc(OC(C)(F)F)c1)n2Cc1ccc(Cl)cc1. The van der Waals surface area contributed by atoms with E-state index in [0.29, 0.717) is 24.8 Å². The molecule has 0 atom stereocenters. The van der Waals surface area contributed by atoms with E-state index in [0.717, 1.165) is 10.1 Å². The molecule has 1 fully saturated rings. The Kier molecular flexibility index (Phi) is 6.52. The maximum Gasteiger partial charge on any atom is 0.394 e. The van der Waals surface area contributed by atoms with Gasteiger partial charge in [0.2, 0.25) is 0 Å². The monoisotopic (exact) mass is 546 g/mol. The van der Waals surface area contributed by atoms with Crippen molar-refractivity contribution in [3.63, 3.8) is 0 Å². The molecule has 1 N–H and O–H groups in total. The minimum atomic E-state index is -3.39. The lowest BCUT2D eigenvalue weighted by Gasteiger charge is -2.14. The molecule has 38 heavy (non-hydrogen) atoms. The van der Waals surface area contributed by atoms with Crippen molar-refractivity contribution in [1.29, 1.82) is 0 Å². The molecule has 1 aliphatic carbocycles. The summed E-state index contributed by atoms with van der Waals surface area (Å²) >= 11 is 6.03. The molecule has 9 nitrogen and oxygen atoms in total. The number of ether oxygens (including phenoxy) is 2. The molecule has 0 spiro atoms. The first-order chi connectivity index (χ1) is 17.9. The van der Waals surface area contributed by atoms with Crippen LogP contribution in [0.15, 0.2) is 58.1 Å². The molecule has 1 saturated carbocycles. The summed E-state index contributed by atoms with van der Waals surface area (Å²) < 4.78 is 41.2. The Morgan fingerprint density at radius 1 is 1.11 bits per heavy atom. The van der Waals surface area contributed by atoms with Crippen LogP contribution in [0.1, 0.15) is 31.7 Å². The van der Waals surface area contributed by atoms with Gasteiger partial charge in [0.1, 0.15) is 11.5 Å². The van der Waals surface area contributed by atoms with Gasteiger partial charge < -0.3 is 14.6 Å². The van der Waals surface area contributed by atoms with Gasteiger partial charge in [0.15, 0.2) is 11.2 Å². The normalized spacial score (nSPS) is 14.6. The van der Waals surface area contributed by atoms with E-state index >= 15 is 0 Å². The summed E-state index contributed by atoms with van der Waals surface area (Å²) in [6.45, 7) is 0.813. The van der Waals surface area contributed by atoms with Gasteiger partial charge >= 0.3 is 17.8 Å². The van der Waals surface area contributed by atoms with Gasteiger partial charge in [-0.25, -0.2) is 4.79 Å². The molecule has 200 valence electrons. The largest absolute Gasteiger partial charge is 0.433 e. The Morgan fingerprint density at radius 3 is 2.45 bits per heavy atom. The molecule has 4 aromatic rings. The Labute approximate surface area is 220 Å². The van der Waals surface area contributed by atoms with Crippen LogP contribution in [-0.4, -0.2) is 35.5 Å². The number of hydrogen-bond donors (Lipinski definition) is 1. The highest BCUT2D eigenvalue weighted by Gasteiger charge is 2.40. The van der Waals surface area contributed by atoms with Crippen molar-refractivity contribution in [2.45, 2.75) is 51.0 Å². The minimum Gasteiger partial charge on any atom is -0.433 e. The first-order valence-corrected chi connectivity index (χ1v) is 12.3. The maximum atomic E-state index is 13.6. The molecule has 0 saturated heterocycles. The highest BCUT2D eigenvalue weighted by Crippen LogP contribution is 2.38. The summed E-state index contributed by atoms with van der Waals surface area (Å²) in [5, 5.41) is 10.8. The Hall–Kier alpha value is -3.70. The zero-order chi connectivity index (χ0) is 27.2. The smallest absolute Gasteiger partial charge is 0.394 e. The standard InChI is InChI=1S/C26H25ClF2N4O5/c1-25(28,29)38-19-5-3-4-18(14-19)37-23-30-21-20(33(23)15-16-6-8-17(27)9-7-16)22(34)32(24(35)31(21)2)13-12-26(36)10-11-26/h3-9,14,36H,10-13,15H2,1-2H3. The van der Waals surface area contributed by atoms with E-state index in [-0.39, 0.29) is 48.2 Å². The van der Waals surface area contributed by atoms with Crippen LogP contribution in [0.2, 0.25) is 5.02 Å². The summed E-state index contributed by atoms with van der Waals surface area (Å²) in [4.78, 5) is 31.1. The first kappa shape index (κ1) is 25.9. The van der Waals surface area contributed by atoms with Crippen LogP contribution in [0.25, 0.3) is 11.2 Å². The van der Waals surface area contributed by atoms with Crippen LogP contribution in [0.4, 0.5) is 8.78 Å². The number of rotatable bonds is 9. The molecule has 0 bridgehead atoms. The van der Waals surface area contributed by atoms with E-state index in [1.807, 2.05) is 0 Å². The predicted molar refractivity (Wildman–Crippen MR) is 136 cm³/mol. The van der Waals surface area contributed by atoms with Crippen molar-refractivity contribution in [2.24, 2.45) is 7.05 Å². The van der Waals surface area contributed by atoms with E-state index in [9.17, 15) is 23.5 Å². The van der Waals surface area contributed by atoms with Crippen LogP contribution in [0.3, 0.4) is 0 Å². The lowest BCUT2D eigenvalue weighted by molar-refractivity contribution is -0.159.